The number of esters is 1. The SMILES string of the molecule is COC(=O)c1ccc(C)c(S(=O)(=O)Nc2cccc(Cl)c2N2CCOCC2)c1. The van der Waals surface area contributed by atoms with Crippen LogP contribution < -0.4 is 9.62 Å². The molecule has 2 aromatic rings. The molecule has 0 unspecified atom stereocenters. The second-order valence-corrected chi connectivity index (χ2v) is 8.37. The molecule has 28 heavy (non-hydrogen) atoms. The minimum absolute atomic E-state index is 0.00306. The Labute approximate surface area is 169 Å². The Hall–Kier alpha value is -2.29. The summed E-state index contributed by atoms with van der Waals surface area (Å²) in [7, 11) is -2.72. The van der Waals surface area contributed by atoms with E-state index in [1.807, 2.05) is 4.90 Å². The van der Waals surface area contributed by atoms with Gasteiger partial charge in [0.15, 0.2) is 0 Å². The van der Waals surface area contributed by atoms with Gasteiger partial charge in [-0.1, -0.05) is 23.7 Å². The summed E-state index contributed by atoms with van der Waals surface area (Å²) in [6.45, 7) is 3.95. The lowest BCUT2D eigenvalue weighted by molar-refractivity contribution is 0.0600. The lowest BCUT2D eigenvalue weighted by Crippen LogP contribution is -2.37. The van der Waals surface area contributed by atoms with Crippen molar-refractivity contribution in [1.29, 1.82) is 0 Å². The largest absolute Gasteiger partial charge is 0.465 e. The average Bonchev–Trinajstić information content (AvgIpc) is 2.68. The van der Waals surface area contributed by atoms with Gasteiger partial charge in [0, 0.05) is 13.1 Å². The highest BCUT2D eigenvalue weighted by molar-refractivity contribution is 7.92. The molecule has 0 saturated carbocycles. The highest BCUT2D eigenvalue weighted by Crippen LogP contribution is 2.36. The van der Waals surface area contributed by atoms with Crippen LogP contribution in [-0.4, -0.2) is 47.8 Å². The van der Waals surface area contributed by atoms with E-state index in [1.165, 1.54) is 19.2 Å². The van der Waals surface area contributed by atoms with Gasteiger partial charge in [0.1, 0.15) is 0 Å². The number of morpholine rings is 1. The number of benzene rings is 2. The molecular weight excluding hydrogens is 404 g/mol. The molecule has 1 fully saturated rings. The number of sulfonamides is 1. The number of hydrogen-bond acceptors (Lipinski definition) is 6. The fraction of sp³-hybridized carbons (Fsp3) is 0.316. The number of aryl methyl sites for hydroxylation is 1. The van der Waals surface area contributed by atoms with Crippen LogP contribution in [0.5, 0.6) is 0 Å². The first-order chi connectivity index (χ1) is 13.3. The molecule has 0 spiro atoms. The third kappa shape index (κ3) is 4.24. The minimum atomic E-state index is -3.96. The molecule has 9 heteroatoms. The number of ether oxygens (including phenoxy) is 2. The summed E-state index contributed by atoms with van der Waals surface area (Å²) in [6.07, 6.45) is 0. The zero-order valence-electron chi connectivity index (χ0n) is 15.6. The Balaban J connectivity index is 2.00. The lowest BCUT2D eigenvalue weighted by Gasteiger charge is -2.31. The summed E-state index contributed by atoms with van der Waals surface area (Å²) in [4.78, 5) is 13.8. The van der Waals surface area contributed by atoms with Gasteiger partial charge >= 0.3 is 5.97 Å². The van der Waals surface area contributed by atoms with Gasteiger partial charge in [0.25, 0.3) is 10.0 Å². The van der Waals surface area contributed by atoms with Crippen molar-refractivity contribution in [3.8, 4) is 0 Å². The molecule has 0 atom stereocenters. The first-order valence-corrected chi connectivity index (χ1v) is 10.5. The van der Waals surface area contributed by atoms with E-state index in [0.29, 0.717) is 48.3 Å². The monoisotopic (exact) mass is 424 g/mol. The summed E-state index contributed by atoms with van der Waals surface area (Å²) >= 11 is 6.38. The molecule has 150 valence electrons. The molecule has 1 N–H and O–H groups in total. The standard InChI is InChI=1S/C19H21ClN2O5S/c1-13-6-7-14(19(23)26-2)12-17(13)28(24,25)21-16-5-3-4-15(20)18(16)22-8-10-27-11-9-22/h3-7,12,21H,8-11H2,1-2H3. The number of carbonyl (C=O) groups excluding carboxylic acids is 1. The van der Waals surface area contributed by atoms with Crippen molar-refractivity contribution >= 4 is 39.0 Å². The highest BCUT2D eigenvalue weighted by Gasteiger charge is 2.24. The van der Waals surface area contributed by atoms with Gasteiger partial charge in [-0.05, 0) is 36.8 Å². The number of rotatable bonds is 5. The summed E-state index contributed by atoms with van der Waals surface area (Å²) in [5.41, 5.74) is 1.65. The first kappa shape index (κ1) is 20.4. The molecule has 0 bridgehead atoms. The van der Waals surface area contributed by atoms with Gasteiger partial charge in [0.05, 0.1) is 47.2 Å². The minimum Gasteiger partial charge on any atom is -0.465 e. The molecule has 1 heterocycles. The molecule has 1 aliphatic heterocycles. The normalized spacial score (nSPS) is 14.6. The van der Waals surface area contributed by atoms with Gasteiger partial charge < -0.3 is 14.4 Å². The zero-order valence-corrected chi connectivity index (χ0v) is 17.1. The maximum atomic E-state index is 13.1. The van der Waals surface area contributed by atoms with Crippen molar-refractivity contribution in [1.82, 2.24) is 0 Å². The second-order valence-electron chi connectivity index (χ2n) is 6.31. The van der Waals surface area contributed by atoms with E-state index in [9.17, 15) is 13.2 Å². The van der Waals surface area contributed by atoms with E-state index < -0.39 is 16.0 Å². The van der Waals surface area contributed by atoms with Crippen LogP contribution in [0.2, 0.25) is 5.02 Å². The molecule has 0 radical (unpaired) electrons. The molecule has 1 aliphatic rings. The average molecular weight is 425 g/mol. The number of nitrogens with zero attached hydrogens (tertiary/aromatic N) is 1. The Kier molecular flexibility index (Phi) is 6.12. The Morgan fingerprint density at radius 2 is 1.93 bits per heavy atom. The quantitative estimate of drug-likeness (QED) is 0.742. The maximum absolute atomic E-state index is 13.1. The summed E-state index contributed by atoms with van der Waals surface area (Å²) < 4.78 is 38.8. The van der Waals surface area contributed by atoms with E-state index >= 15 is 0 Å². The van der Waals surface area contributed by atoms with Crippen LogP contribution in [0.1, 0.15) is 15.9 Å². The van der Waals surface area contributed by atoms with E-state index in [4.69, 9.17) is 16.3 Å². The van der Waals surface area contributed by atoms with Gasteiger partial charge in [-0.25, -0.2) is 13.2 Å². The summed E-state index contributed by atoms with van der Waals surface area (Å²) in [5.74, 6) is -0.604. The van der Waals surface area contributed by atoms with Crippen molar-refractivity contribution in [2.75, 3.05) is 43.0 Å². The number of carbonyl (C=O) groups is 1. The number of hydrogen-bond donors (Lipinski definition) is 1. The molecule has 0 aliphatic carbocycles. The number of methoxy groups -OCH3 is 1. The van der Waals surface area contributed by atoms with Gasteiger partial charge in [-0.15, -0.1) is 0 Å². The smallest absolute Gasteiger partial charge is 0.337 e. The third-order valence-electron chi connectivity index (χ3n) is 4.46. The van der Waals surface area contributed by atoms with E-state index in [-0.39, 0.29) is 10.5 Å². The molecular formula is C19H21ClN2O5S. The summed E-state index contributed by atoms with van der Waals surface area (Å²) in [6, 6.07) is 9.46. The number of anilines is 2. The lowest BCUT2D eigenvalue weighted by atomic mass is 10.1. The zero-order chi connectivity index (χ0) is 20.3. The molecule has 2 aromatic carbocycles. The van der Waals surface area contributed by atoms with E-state index in [2.05, 4.69) is 9.46 Å². The van der Waals surface area contributed by atoms with Gasteiger partial charge in [0.2, 0.25) is 0 Å². The number of nitrogens with one attached hydrogen (secondary N) is 1. The predicted molar refractivity (Wildman–Crippen MR) is 108 cm³/mol. The third-order valence-corrected chi connectivity index (χ3v) is 6.27. The van der Waals surface area contributed by atoms with Gasteiger partial charge in [-0.3, -0.25) is 4.72 Å². The summed E-state index contributed by atoms with van der Waals surface area (Å²) in [5, 5.41) is 0.446. The van der Waals surface area contributed by atoms with E-state index in [0.717, 1.165) is 0 Å². The molecule has 0 aromatic heterocycles. The fourth-order valence-corrected chi connectivity index (χ4v) is 4.67. The van der Waals surface area contributed by atoms with Crippen molar-refractivity contribution < 1.29 is 22.7 Å². The van der Waals surface area contributed by atoms with Crippen LogP contribution in [-0.2, 0) is 19.5 Å². The Morgan fingerprint density at radius 3 is 2.61 bits per heavy atom. The first-order valence-electron chi connectivity index (χ1n) is 8.66. The van der Waals surface area contributed by atoms with Crippen LogP contribution >= 0.6 is 11.6 Å². The maximum Gasteiger partial charge on any atom is 0.337 e. The molecule has 1 saturated heterocycles. The van der Waals surface area contributed by atoms with E-state index in [1.54, 1.807) is 31.2 Å². The van der Waals surface area contributed by atoms with Crippen LogP contribution in [0.15, 0.2) is 41.3 Å². The van der Waals surface area contributed by atoms with Crippen molar-refractivity contribution in [2.45, 2.75) is 11.8 Å². The van der Waals surface area contributed by atoms with Crippen LogP contribution in [0.25, 0.3) is 0 Å². The highest BCUT2D eigenvalue weighted by atomic mass is 35.5. The number of para-hydroxylation sites is 1. The van der Waals surface area contributed by atoms with Crippen LogP contribution in [0, 0.1) is 6.92 Å². The molecule has 3 rings (SSSR count). The Bertz CT molecular complexity index is 988. The fourth-order valence-electron chi connectivity index (χ4n) is 3.04. The second kappa shape index (κ2) is 8.38. The van der Waals surface area contributed by atoms with Crippen molar-refractivity contribution in [2.24, 2.45) is 0 Å². The van der Waals surface area contributed by atoms with Crippen LogP contribution in [0.3, 0.4) is 0 Å². The van der Waals surface area contributed by atoms with Crippen molar-refractivity contribution in [3.05, 3.63) is 52.5 Å². The van der Waals surface area contributed by atoms with Crippen molar-refractivity contribution in [3.63, 3.8) is 0 Å². The van der Waals surface area contributed by atoms with Crippen LogP contribution in [0.4, 0.5) is 11.4 Å². The predicted octanol–water partition coefficient (Wildman–Crippen LogP) is 3.07. The topological polar surface area (TPSA) is 84.9 Å². The van der Waals surface area contributed by atoms with Gasteiger partial charge in [-0.2, -0.15) is 0 Å². The Morgan fingerprint density at radius 1 is 1.21 bits per heavy atom. The molecule has 7 nitrogen and oxygen atoms in total. The molecule has 0 amide bonds. The number of halogens is 1.